The van der Waals surface area contributed by atoms with Gasteiger partial charge in [-0.3, -0.25) is 9.80 Å². The topological polar surface area (TPSA) is 52.7 Å². The van der Waals surface area contributed by atoms with Gasteiger partial charge in [0.2, 0.25) is 0 Å². The van der Waals surface area contributed by atoms with Crippen molar-refractivity contribution in [2.75, 3.05) is 32.7 Å². The number of β-amino-alcohol motifs (C(OH)–C–C–N with tert-alkyl or cyclic N) is 1. The molecule has 1 aromatic carbocycles. The second-order valence-electron chi connectivity index (χ2n) is 6.67. The first kappa shape index (κ1) is 15.0. The molecule has 3 unspecified atom stereocenters. The van der Waals surface area contributed by atoms with Crippen LogP contribution in [0, 0.1) is 0 Å². The second-order valence-corrected chi connectivity index (χ2v) is 6.67. The maximum Gasteiger partial charge on any atom is 0.114 e. The molecule has 21 heavy (non-hydrogen) atoms. The van der Waals surface area contributed by atoms with Crippen molar-refractivity contribution < 1.29 is 5.11 Å². The molecule has 2 heterocycles. The van der Waals surface area contributed by atoms with Crippen LogP contribution < -0.4 is 5.73 Å². The van der Waals surface area contributed by atoms with Crippen molar-refractivity contribution in [1.29, 1.82) is 0 Å². The van der Waals surface area contributed by atoms with Crippen molar-refractivity contribution in [1.82, 2.24) is 9.80 Å². The molecule has 3 N–H and O–H groups in total. The Balaban J connectivity index is 1.74. The van der Waals surface area contributed by atoms with Crippen LogP contribution in [-0.4, -0.2) is 59.7 Å². The minimum absolute atomic E-state index is 0.259. The van der Waals surface area contributed by atoms with Crippen molar-refractivity contribution in [3.63, 3.8) is 0 Å². The lowest BCUT2D eigenvalue weighted by atomic mass is 9.92. The highest BCUT2D eigenvalue weighted by Gasteiger charge is 2.38. The standard InChI is InChI=1S/C17H27N3O/c1-14-10-19-9-5-8-16(19)11-20(14)13-17(21,12-18)15-6-3-2-4-7-15/h2-4,6-7,14,16,21H,5,8-13,18H2,1H3. The van der Waals surface area contributed by atoms with Gasteiger partial charge in [-0.15, -0.1) is 0 Å². The summed E-state index contributed by atoms with van der Waals surface area (Å²) in [7, 11) is 0. The Morgan fingerprint density at radius 3 is 2.76 bits per heavy atom. The van der Waals surface area contributed by atoms with E-state index in [0.29, 0.717) is 18.6 Å². The number of benzene rings is 1. The van der Waals surface area contributed by atoms with Gasteiger partial charge in [0.15, 0.2) is 0 Å². The fraction of sp³-hybridized carbons (Fsp3) is 0.647. The Kier molecular flexibility index (Phi) is 4.31. The number of aliphatic hydroxyl groups is 1. The fourth-order valence-corrected chi connectivity index (χ4v) is 3.83. The maximum absolute atomic E-state index is 11.0. The molecule has 116 valence electrons. The largest absolute Gasteiger partial charge is 0.382 e. The van der Waals surface area contributed by atoms with E-state index >= 15 is 0 Å². The summed E-state index contributed by atoms with van der Waals surface area (Å²) in [5.74, 6) is 0. The number of hydrogen-bond donors (Lipinski definition) is 2. The van der Waals surface area contributed by atoms with Gasteiger partial charge in [0, 0.05) is 38.3 Å². The van der Waals surface area contributed by atoms with E-state index in [9.17, 15) is 5.11 Å². The van der Waals surface area contributed by atoms with Gasteiger partial charge in [-0.25, -0.2) is 0 Å². The summed E-state index contributed by atoms with van der Waals surface area (Å²) in [6, 6.07) is 11.0. The number of rotatable bonds is 4. The van der Waals surface area contributed by atoms with E-state index in [1.807, 2.05) is 30.3 Å². The van der Waals surface area contributed by atoms with E-state index in [0.717, 1.165) is 18.7 Å². The SMILES string of the molecule is CC1CN2CCCC2CN1CC(O)(CN)c1ccccc1. The van der Waals surface area contributed by atoms with E-state index in [4.69, 9.17) is 5.73 Å². The monoisotopic (exact) mass is 289 g/mol. The first-order valence-corrected chi connectivity index (χ1v) is 8.08. The maximum atomic E-state index is 11.0. The summed E-state index contributed by atoms with van der Waals surface area (Å²) >= 11 is 0. The number of nitrogens with zero attached hydrogens (tertiary/aromatic N) is 2. The van der Waals surface area contributed by atoms with Crippen LogP contribution in [0.1, 0.15) is 25.3 Å². The van der Waals surface area contributed by atoms with Crippen LogP contribution in [0.2, 0.25) is 0 Å². The highest BCUT2D eigenvalue weighted by atomic mass is 16.3. The van der Waals surface area contributed by atoms with Crippen LogP contribution in [0.5, 0.6) is 0 Å². The summed E-state index contributed by atoms with van der Waals surface area (Å²) in [4.78, 5) is 5.03. The average molecular weight is 289 g/mol. The smallest absolute Gasteiger partial charge is 0.114 e. The highest BCUT2D eigenvalue weighted by Crippen LogP contribution is 2.28. The summed E-state index contributed by atoms with van der Waals surface area (Å²) in [5, 5.41) is 11.0. The van der Waals surface area contributed by atoms with Crippen LogP contribution in [0.15, 0.2) is 30.3 Å². The van der Waals surface area contributed by atoms with Gasteiger partial charge in [-0.1, -0.05) is 30.3 Å². The predicted octanol–water partition coefficient (Wildman–Crippen LogP) is 1.00. The molecule has 2 aliphatic rings. The molecule has 2 saturated heterocycles. The quantitative estimate of drug-likeness (QED) is 0.868. The highest BCUT2D eigenvalue weighted by molar-refractivity contribution is 5.23. The molecule has 1 aromatic rings. The van der Waals surface area contributed by atoms with Gasteiger partial charge in [0.25, 0.3) is 0 Å². The molecule has 0 bridgehead atoms. The Bertz CT molecular complexity index is 466. The molecule has 0 spiro atoms. The van der Waals surface area contributed by atoms with Crippen molar-refractivity contribution >= 4 is 0 Å². The van der Waals surface area contributed by atoms with Crippen LogP contribution in [0.4, 0.5) is 0 Å². The molecule has 4 heteroatoms. The third-order valence-electron chi connectivity index (χ3n) is 5.18. The summed E-state index contributed by atoms with van der Waals surface area (Å²) in [5.41, 5.74) is 5.90. The van der Waals surface area contributed by atoms with Gasteiger partial charge >= 0.3 is 0 Å². The summed E-state index contributed by atoms with van der Waals surface area (Å²) < 4.78 is 0. The van der Waals surface area contributed by atoms with Crippen LogP contribution in [-0.2, 0) is 5.60 Å². The Labute approximate surface area is 127 Å². The zero-order valence-electron chi connectivity index (χ0n) is 12.9. The number of fused-ring (bicyclic) bond motifs is 1. The van der Waals surface area contributed by atoms with E-state index in [-0.39, 0.29) is 6.54 Å². The lowest BCUT2D eigenvalue weighted by Crippen LogP contribution is -2.59. The minimum atomic E-state index is -0.948. The zero-order valence-corrected chi connectivity index (χ0v) is 12.9. The van der Waals surface area contributed by atoms with Crippen molar-refractivity contribution in [2.24, 2.45) is 5.73 Å². The molecule has 2 fully saturated rings. The van der Waals surface area contributed by atoms with E-state index in [1.165, 1.54) is 19.4 Å². The van der Waals surface area contributed by atoms with Crippen LogP contribution in [0.3, 0.4) is 0 Å². The van der Waals surface area contributed by atoms with Gasteiger partial charge in [-0.2, -0.15) is 0 Å². The van der Waals surface area contributed by atoms with Gasteiger partial charge in [0.05, 0.1) is 0 Å². The molecule has 0 aliphatic carbocycles. The first-order chi connectivity index (χ1) is 10.1. The molecular weight excluding hydrogens is 262 g/mol. The van der Waals surface area contributed by atoms with Crippen molar-refractivity contribution in [3.8, 4) is 0 Å². The molecule has 0 aromatic heterocycles. The molecule has 3 atom stereocenters. The third-order valence-corrected chi connectivity index (χ3v) is 5.18. The molecule has 0 radical (unpaired) electrons. The normalized spacial score (nSPS) is 30.0. The average Bonchev–Trinajstić information content (AvgIpc) is 2.95. The van der Waals surface area contributed by atoms with Gasteiger partial charge in [0.1, 0.15) is 5.60 Å². The lowest BCUT2D eigenvalue weighted by molar-refractivity contribution is -0.0326. The van der Waals surface area contributed by atoms with E-state index < -0.39 is 5.60 Å². The van der Waals surface area contributed by atoms with Gasteiger partial charge in [-0.05, 0) is 31.9 Å². The van der Waals surface area contributed by atoms with E-state index in [2.05, 4.69) is 16.7 Å². The number of nitrogens with two attached hydrogens (primary N) is 1. The zero-order chi connectivity index (χ0) is 14.9. The Morgan fingerprint density at radius 1 is 1.29 bits per heavy atom. The van der Waals surface area contributed by atoms with Crippen molar-refractivity contribution in [3.05, 3.63) is 35.9 Å². The minimum Gasteiger partial charge on any atom is -0.382 e. The second kappa shape index (κ2) is 6.05. The molecule has 0 saturated carbocycles. The number of piperazine rings is 1. The molecule has 3 rings (SSSR count). The van der Waals surface area contributed by atoms with Crippen LogP contribution >= 0.6 is 0 Å². The lowest BCUT2D eigenvalue weighted by Gasteiger charge is -2.45. The summed E-state index contributed by atoms with van der Waals surface area (Å²) in [6.45, 7) is 6.54. The molecule has 0 amide bonds. The Morgan fingerprint density at radius 2 is 2.05 bits per heavy atom. The predicted molar refractivity (Wildman–Crippen MR) is 85.0 cm³/mol. The number of hydrogen-bond acceptors (Lipinski definition) is 4. The van der Waals surface area contributed by atoms with Gasteiger partial charge < -0.3 is 10.8 Å². The van der Waals surface area contributed by atoms with Crippen molar-refractivity contribution in [2.45, 2.75) is 37.5 Å². The summed E-state index contributed by atoms with van der Waals surface area (Å²) in [6.07, 6.45) is 2.60. The van der Waals surface area contributed by atoms with Crippen LogP contribution in [0.25, 0.3) is 0 Å². The fourth-order valence-electron chi connectivity index (χ4n) is 3.83. The first-order valence-electron chi connectivity index (χ1n) is 8.08. The molecular formula is C17H27N3O. The molecule has 4 nitrogen and oxygen atoms in total. The van der Waals surface area contributed by atoms with E-state index in [1.54, 1.807) is 0 Å². The molecule has 2 aliphatic heterocycles. The Hall–Kier alpha value is -0.940. The third kappa shape index (κ3) is 2.99.